The van der Waals surface area contributed by atoms with Crippen molar-refractivity contribution in [3.63, 3.8) is 0 Å². The number of nitrogens with one attached hydrogen (secondary N) is 2. The molecule has 0 spiro atoms. The van der Waals surface area contributed by atoms with E-state index in [0.717, 1.165) is 18.9 Å². The van der Waals surface area contributed by atoms with Crippen LogP contribution < -0.4 is 20.1 Å². The van der Waals surface area contributed by atoms with Gasteiger partial charge < -0.3 is 19.5 Å². The summed E-state index contributed by atoms with van der Waals surface area (Å²) in [6, 6.07) is 2.69. The lowest BCUT2D eigenvalue weighted by molar-refractivity contribution is -0.143. The largest absolute Gasteiger partial charge is 0.489 e. The van der Waals surface area contributed by atoms with E-state index in [4.69, 9.17) is 25.8 Å². The highest BCUT2D eigenvalue weighted by Crippen LogP contribution is 2.38. The van der Waals surface area contributed by atoms with Crippen LogP contribution in [0.2, 0.25) is 5.02 Å². The van der Waals surface area contributed by atoms with E-state index < -0.39 is 24.5 Å². The molecule has 0 unspecified atom stereocenters. The van der Waals surface area contributed by atoms with Crippen LogP contribution in [0.4, 0.5) is 4.79 Å². The van der Waals surface area contributed by atoms with Gasteiger partial charge in [-0.1, -0.05) is 18.5 Å². The van der Waals surface area contributed by atoms with Gasteiger partial charge in [0.05, 0.1) is 18.2 Å². The highest BCUT2D eigenvalue weighted by Gasteiger charge is 2.15. The fourth-order valence-electron chi connectivity index (χ4n) is 2.14. The number of imide groups is 1. The van der Waals surface area contributed by atoms with E-state index >= 15 is 0 Å². The van der Waals surface area contributed by atoms with Gasteiger partial charge in [0.1, 0.15) is 0 Å². The van der Waals surface area contributed by atoms with Gasteiger partial charge in [-0.2, -0.15) is 0 Å². The number of ether oxygens (including phenoxy) is 3. The molecule has 2 rings (SSSR count). The number of hydrogen-bond donors (Lipinski definition) is 2. The number of hydrogen-bond acceptors (Lipinski definition) is 6. The van der Waals surface area contributed by atoms with Crippen molar-refractivity contribution >= 4 is 35.6 Å². The zero-order valence-electron chi connectivity index (χ0n) is 14.9. The topological polar surface area (TPSA) is 103 Å². The number of carbonyl (C=O) groups excluding carboxylic acids is 3. The summed E-state index contributed by atoms with van der Waals surface area (Å²) in [6.07, 6.45) is 4.13. The molecular formula is C18H21ClN2O6. The summed E-state index contributed by atoms with van der Waals surface area (Å²) >= 11 is 6.18. The minimum atomic E-state index is -0.734. The summed E-state index contributed by atoms with van der Waals surface area (Å²) in [5, 5.41) is 4.90. The monoisotopic (exact) mass is 396 g/mol. The van der Waals surface area contributed by atoms with Gasteiger partial charge in [-0.25, -0.2) is 9.59 Å². The molecule has 146 valence electrons. The van der Waals surface area contributed by atoms with Gasteiger partial charge in [0.2, 0.25) is 0 Å². The summed E-state index contributed by atoms with van der Waals surface area (Å²) < 4.78 is 15.9. The van der Waals surface area contributed by atoms with Crippen LogP contribution in [0.15, 0.2) is 18.2 Å². The molecule has 1 aliphatic heterocycles. The number of rotatable bonds is 6. The van der Waals surface area contributed by atoms with Gasteiger partial charge >= 0.3 is 12.0 Å². The first-order valence-corrected chi connectivity index (χ1v) is 8.89. The van der Waals surface area contributed by atoms with Crippen molar-refractivity contribution in [2.24, 2.45) is 0 Å². The molecule has 0 radical (unpaired) electrons. The number of carbonyl (C=O) groups is 3. The van der Waals surface area contributed by atoms with Crippen LogP contribution in [0.1, 0.15) is 25.3 Å². The predicted molar refractivity (Wildman–Crippen MR) is 98.9 cm³/mol. The van der Waals surface area contributed by atoms with Crippen molar-refractivity contribution in [3.8, 4) is 11.5 Å². The van der Waals surface area contributed by atoms with E-state index in [-0.39, 0.29) is 0 Å². The lowest BCUT2D eigenvalue weighted by atomic mass is 10.2. The first-order valence-electron chi connectivity index (χ1n) is 8.51. The summed E-state index contributed by atoms with van der Waals surface area (Å²) in [6.45, 7) is 2.79. The predicted octanol–water partition coefficient (Wildman–Crippen LogP) is 2.29. The lowest BCUT2D eigenvalue weighted by Crippen LogP contribution is -2.41. The number of esters is 1. The lowest BCUT2D eigenvalue weighted by Gasteiger charge is -2.10. The van der Waals surface area contributed by atoms with Crippen molar-refractivity contribution in [2.75, 3.05) is 26.4 Å². The van der Waals surface area contributed by atoms with E-state index in [1.807, 2.05) is 6.92 Å². The van der Waals surface area contributed by atoms with Crippen molar-refractivity contribution in [2.45, 2.75) is 19.8 Å². The minimum Gasteiger partial charge on any atom is -0.489 e. The summed E-state index contributed by atoms with van der Waals surface area (Å²) in [4.78, 5) is 34.6. The fraction of sp³-hybridized carbons (Fsp3) is 0.389. The van der Waals surface area contributed by atoms with E-state index in [9.17, 15) is 14.4 Å². The Balaban J connectivity index is 1.86. The maximum absolute atomic E-state index is 11.7. The average molecular weight is 397 g/mol. The van der Waals surface area contributed by atoms with Gasteiger partial charge in [-0.15, -0.1) is 0 Å². The molecule has 27 heavy (non-hydrogen) atoms. The van der Waals surface area contributed by atoms with Crippen LogP contribution in [0.5, 0.6) is 11.5 Å². The molecular weight excluding hydrogens is 376 g/mol. The van der Waals surface area contributed by atoms with Gasteiger partial charge in [0.25, 0.3) is 5.91 Å². The molecule has 0 saturated carbocycles. The maximum Gasteiger partial charge on any atom is 0.331 e. The van der Waals surface area contributed by atoms with Crippen LogP contribution in [0.25, 0.3) is 6.08 Å². The van der Waals surface area contributed by atoms with E-state index in [0.29, 0.717) is 41.8 Å². The van der Waals surface area contributed by atoms with E-state index in [1.165, 1.54) is 6.08 Å². The zero-order valence-corrected chi connectivity index (χ0v) is 15.6. The maximum atomic E-state index is 11.7. The van der Waals surface area contributed by atoms with Crippen LogP contribution >= 0.6 is 11.6 Å². The molecule has 0 saturated heterocycles. The summed E-state index contributed by atoms with van der Waals surface area (Å²) in [5.74, 6) is -0.469. The highest BCUT2D eigenvalue weighted by atomic mass is 35.5. The second-order valence-electron chi connectivity index (χ2n) is 5.63. The number of benzene rings is 1. The zero-order chi connectivity index (χ0) is 19.6. The number of amides is 3. The molecule has 8 nitrogen and oxygen atoms in total. The van der Waals surface area contributed by atoms with E-state index in [1.54, 1.807) is 12.1 Å². The van der Waals surface area contributed by atoms with Crippen molar-refractivity contribution in [1.29, 1.82) is 0 Å². The van der Waals surface area contributed by atoms with Gasteiger partial charge in [0.15, 0.2) is 18.1 Å². The standard InChI is InChI=1S/C18H21ClN2O6/c1-2-6-20-18(24)21-15(22)11-27-16(23)5-4-12-9-13(19)17-14(10-12)25-7-3-8-26-17/h4-5,9-10H,2-3,6-8,11H2,1H3,(H2,20,21,22,24)/b5-4+. The highest BCUT2D eigenvalue weighted by molar-refractivity contribution is 6.32. The summed E-state index contributed by atoms with van der Waals surface area (Å²) in [7, 11) is 0. The fourth-order valence-corrected chi connectivity index (χ4v) is 2.42. The average Bonchev–Trinajstić information content (AvgIpc) is 2.89. The van der Waals surface area contributed by atoms with Crippen molar-refractivity contribution in [1.82, 2.24) is 10.6 Å². The molecule has 0 aromatic heterocycles. The number of halogens is 1. The van der Waals surface area contributed by atoms with E-state index in [2.05, 4.69) is 10.6 Å². The quantitative estimate of drug-likeness (QED) is 0.565. The van der Waals surface area contributed by atoms with Crippen LogP contribution in [0, 0.1) is 0 Å². The second kappa shape index (κ2) is 10.4. The Bertz CT molecular complexity index is 735. The third-order valence-corrected chi connectivity index (χ3v) is 3.65. The number of urea groups is 1. The third kappa shape index (κ3) is 6.82. The molecule has 0 atom stereocenters. The van der Waals surface area contributed by atoms with Crippen LogP contribution in [0.3, 0.4) is 0 Å². The Hall–Kier alpha value is -2.74. The van der Waals surface area contributed by atoms with Crippen LogP contribution in [-0.2, 0) is 14.3 Å². The molecule has 2 N–H and O–H groups in total. The Morgan fingerprint density at radius 3 is 2.81 bits per heavy atom. The number of fused-ring (bicyclic) bond motifs is 1. The normalized spacial score (nSPS) is 13.0. The first kappa shape index (κ1) is 20.6. The molecule has 0 fully saturated rings. The second-order valence-corrected chi connectivity index (χ2v) is 6.03. The Morgan fingerprint density at radius 1 is 1.26 bits per heavy atom. The third-order valence-electron chi connectivity index (χ3n) is 3.37. The first-order chi connectivity index (χ1) is 13.0. The SMILES string of the molecule is CCCNC(=O)NC(=O)COC(=O)/C=C/c1cc(Cl)c2c(c1)OCCCO2. The Morgan fingerprint density at radius 2 is 2.04 bits per heavy atom. The molecule has 1 aliphatic rings. The molecule has 0 bridgehead atoms. The van der Waals surface area contributed by atoms with Crippen molar-refractivity contribution < 1.29 is 28.6 Å². The molecule has 0 aliphatic carbocycles. The minimum absolute atomic E-state index is 0.375. The Labute approximate surface area is 161 Å². The smallest absolute Gasteiger partial charge is 0.331 e. The Kier molecular flexibility index (Phi) is 7.94. The van der Waals surface area contributed by atoms with Crippen LogP contribution in [-0.4, -0.2) is 44.3 Å². The molecule has 1 heterocycles. The molecule has 1 aromatic rings. The molecule has 1 aromatic carbocycles. The molecule has 3 amide bonds. The summed E-state index contributed by atoms with van der Waals surface area (Å²) in [5.41, 5.74) is 0.615. The van der Waals surface area contributed by atoms with Gasteiger partial charge in [-0.05, 0) is 30.2 Å². The van der Waals surface area contributed by atoms with Gasteiger partial charge in [0, 0.05) is 19.0 Å². The van der Waals surface area contributed by atoms with Gasteiger partial charge in [-0.3, -0.25) is 10.1 Å². The molecule has 9 heteroatoms. The van der Waals surface area contributed by atoms with Crippen molar-refractivity contribution in [3.05, 3.63) is 28.8 Å².